The predicted octanol–water partition coefficient (Wildman–Crippen LogP) is 1.83. The van der Waals surface area contributed by atoms with E-state index in [1.54, 1.807) is 16.8 Å². The highest BCUT2D eigenvalue weighted by atomic mass is 19.1. The fourth-order valence-electron chi connectivity index (χ4n) is 1.74. The minimum absolute atomic E-state index is 0.229. The largest absolute Gasteiger partial charge is 0.380 e. The van der Waals surface area contributed by atoms with Crippen molar-refractivity contribution in [2.45, 2.75) is 26.5 Å². The van der Waals surface area contributed by atoms with Crippen LogP contribution in [0.2, 0.25) is 0 Å². The Balaban J connectivity index is 2.43. The van der Waals surface area contributed by atoms with Crippen molar-refractivity contribution in [1.82, 2.24) is 14.8 Å². The van der Waals surface area contributed by atoms with Gasteiger partial charge in [-0.3, -0.25) is 0 Å². The standard InChI is InChI=1S/C12H14FN3O/c1-3-16-12(14-7-15-16)11(17)9-6-8(2)4-5-10(9)13/h4-7,11,17H,3H2,1-2H3. The molecule has 2 aromatic rings. The predicted molar refractivity (Wildman–Crippen MR) is 60.9 cm³/mol. The Morgan fingerprint density at radius 2 is 2.24 bits per heavy atom. The molecule has 4 nitrogen and oxygen atoms in total. The molecule has 0 bridgehead atoms. The lowest BCUT2D eigenvalue weighted by Gasteiger charge is -2.12. The maximum atomic E-state index is 13.6. The van der Waals surface area contributed by atoms with E-state index in [1.165, 1.54) is 12.4 Å². The van der Waals surface area contributed by atoms with E-state index >= 15 is 0 Å². The van der Waals surface area contributed by atoms with Gasteiger partial charge in [-0.2, -0.15) is 5.10 Å². The monoisotopic (exact) mass is 235 g/mol. The molecule has 0 amide bonds. The first-order valence-corrected chi connectivity index (χ1v) is 5.45. The molecule has 1 aromatic carbocycles. The summed E-state index contributed by atoms with van der Waals surface area (Å²) >= 11 is 0. The van der Waals surface area contributed by atoms with E-state index in [4.69, 9.17) is 0 Å². The first-order chi connectivity index (χ1) is 8.13. The highest BCUT2D eigenvalue weighted by Gasteiger charge is 2.20. The van der Waals surface area contributed by atoms with Crippen molar-refractivity contribution in [1.29, 1.82) is 0 Å². The van der Waals surface area contributed by atoms with Gasteiger partial charge in [0.05, 0.1) is 0 Å². The van der Waals surface area contributed by atoms with Crippen LogP contribution in [0, 0.1) is 12.7 Å². The molecule has 1 aromatic heterocycles. The number of halogens is 1. The summed E-state index contributed by atoms with van der Waals surface area (Å²) < 4.78 is 15.2. The van der Waals surface area contributed by atoms with Gasteiger partial charge in [0.2, 0.25) is 0 Å². The molecule has 0 saturated heterocycles. The maximum absolute atomic E-state index is 13.6. The van der Waals surface area contributed by atoms with Gasteiger partial charge in [0.15, 0.2) is 5.82 Å². The highest BCUT2D eigenvalue weighted by Crippen LogP contribution is 2.23. The van der Waals surface area contributed by atoms with Gasteiger partial charge < -0.3 is 5.11 Å². The van der Waals surface area contributed by atoms with Crippen LogP contribution in [0.3, 0.4) is 0 Å². The average molecular weight is 235 g/mol. The second kappa shape index (κ2) is 4.63. The summed E-state index contributed by atoms with van der Waals surface area (Å²) in [6.45, 7) is 4.32. The number of aliphatic hydroxyl groups is 1. The first kappa shape index (κ1) is 11.7. The Bertz CT molecular complexity index is 524. The number of aryl methyl sites for hydroxylation is 2. The average Bonchev–Trinajstić information content (AvgIpc) is 2.79. The third kappa shape index (κ3) is 2.19. The van der Waals surface area contributed by atoms with Crippen molar-refractivity contribution < 1.29 is 9.50 Å². The molecule has 1 atom stereocenters. The molecular weight excluding hydrogens is 221 g/mol. The van der Waals surface area contributed by atoms with Crippen LogP contribution >= 0.6 is 0 Å². The second-order valence-corrected chi connectivity index (χ2v) is 3.86. The fraction of sp³-hybridized carbons (Fsp3) is 0.333. The summed E-state index contributed by atoms with van der Waals surface area (Å²) in [6, 6.07) is 4.63. The number of aromatic nitrogens is 3. The summed E-state index contributed by atoms with van der Waals surface area (Å²) in [5.41, 5.74) is 1.12. The van der Waals surface area contributed by atoms with Crippen LogP contribution in [0.1, 0.15) is 30.0 Å². The van der Waals surface area contributed by atoms with Gasteiger partial charge >= 0.3 is 0 Å². The van der Waals surface area contributed by atoms with Crippen LogP contribution in [-0.4, -0.2) is 19.9 Å². The zero-order chi connectivity index (χ0) is 12.4. The quantitative estimate of drug-likeness (QED) is 0.883. The minimum Gasteiger partial charge on any atom is -0.380 e. The molecule has 0 spiro atoms. The molecule has 1 heterocycles. The number of benzene rings is 1. The molecule has 5 heteroatoms. The lowest BCUT2D eigenvalue weighted by atomic mass is 10.1. The van der Waals surface area contributed by atoms with Gasteiger partial charge in [-0.05, 0) is 19.9 Å². The van der Waals surface area contributed by atoms with E-state index < -0.39 is 11.9 Å². The Kier molecular flexibility index (Phi) is 3.19. The van der Waals surface area contributed by atoms with Crippen LogP contribution in [0.4, 0.5) is 4.39 Å². The van der Waals surface area contributed by atoms with E-state index in [2.05, 4.69) is 10.1 Å². The molecule has 0 aliphatic heterocycles. The first-order valence-electron chi connectivity index (χ1n) is 5.45. The minimum atomic E-state index is -1.09. The van der Waals surface area contributed by atoms with Gasteiger partial charge in [0.25, 0.3) is 0 Å². The van der Waals surface area contributed by atoms with Crippen molar-refractivity contribution >= 4 is 0 Å². The van der Waals surface area contributed by atoms with Crippen molar-refractivity contribution in [2.24, 2.45) is 0 Å². The zero-order valence-electron chi connectivity index (χ0n) is 9.76. The Morgan fingerprint density at radius 3 is 2.94 bits per heavy atom. The van der Waals surface area contributed by atoms with E-state index in [0.29, 0.717) is 12.4 Å². The number of aliphatic hydroxyl groups excluding tert-OH is 1. The van der Waals surface area contributed by atoms with Gasteiger partial charge in [-0.1, -0.05) is 17.7 Å². The summed E-state index contributed by atoms with van der Waals surface area (Å²) in [5.74, 6) is -0.0780. The third-order valence-electron chi connectivity index (χ3n) is 2.64. The maximum Gasteiger partial charge on any atom is 0.160 e. The van der Waals surface area contributed by atoms with Crippen LogP contribution < -0.4 is 0 Å². The van der Waals surface area contributed by atoms with Crippen molar-refractivity contribution in [3.8, 4) is 0 Å². The summed E-state index contributed by atoms with van der Waals surface area (Å²) in [5, 5.41) is 14.1. The van der Waals surface area contributed by atoms with E-state index in [1.807, 2.05) is 13.8 Å². The normalized spacial score (nSPS) is 12.7. The molecule has 1 unspecified atom stereocenters. The molecule has 17 heavy (non-hydrogen) atoms. The summed E-state index contributed by atoms with van der Waals surface area (Å²) in [6.07, 6.45) is 0.271. The lowest BCUT2D eigenvalue weighted by Crippen LogP contribution is -2.11. The van der Waals surface area contributed by atoms with Crippen molar-refractivity contribution in [2.75, 3.05) is 0 Å². The SMILES string of the molecule is CCn1ncnc1C(O)c1cc(C)ccc1F. The molecule has 0 aliphatic carbocycles. The molecule has 2 rings (SSSR count). The summed E-state index contributed by atoms with van der Waals surface area (Å²) in [4.78, 5) is 3.97. The molecule has 0 aliphatic rings. The molecular formula is C12H14FN3O. The fourth-order valence-corrected chi connectivity index (χ4v) is 1.74. The van der Waals surface area contributed by atoms with Crippen LogP contribution in [0.25, 0.3) is 0 Å². The van der Waals surface area contributed by atoms with E-state index in [-0.39, 0.29) is 5.56 Å². The number of hydrogen-bond acceptors (Lipinski definition) is 3. The molecule has 0 fully saturated rings. The topological polar surface area (TPSA) is 50.9 Å². The number of nitrogens with zero attached hydrogens (tertiary/aromatic N) is 3. The van der Waals surface area contributed by atoms with Crippen molar-refractivity contribution in [3.05, 3.63) is 47.3 Å². The Morgan fingerprint density at radius 1 is 1.47 bits per heavy atom. The number of hydrogen-bond donors (Lipinski definition) is 1. The zero-order valence-corrected chi connectivity index (χ0v) is 9.76. The van der Waals surface area contributed by atoms with Gasteiger partial charge in [-0.25, -0.2) is 14.1 Å². The summed E-state index contributed by atoms with van der Waals surface area (Å²) in [7, 11) is 0. The van der Waals surface area contributed by atoms with Crippen LogP contribution in [-0.2, 0) is 6.54 Å². The van der Waals surface area contributed by atoms with Crippen LogP contribution in [0.5, 0.6) is 0 Å². The number of rotatable bonds is 3. The van der Waals surface area contributed by atoms with E-state index in [0.717, 1.165) is 5.56 Å². The van der Waals surface area contributed by atoms with Gasteiger partial charge in [-0.15, -0.1) is 0 Å². The molecule has 1 N–H and O–H groups in total. The Labute approximate surface area is 98.7 Å². The van der Waals surface area contributed by atoms with Crippen LogP contribution in [0.15, 0.2) is 24.5 Å². The smallest absolute Gasteiger partial charge is 0.160 e. The molecule has 90 valence electrons. The van der Waals surface area contributed by atoms with Gasteiger partial charge in [0, 0.05) is 12.1 Å². The molecule has 0 saturated carbocycles. The van der Waals surface area contributed by atoms with Crippen molar-refractivity contribution in [3.63, 3.8) is 0 Å². The van der Waals surface area contributed by atoms with E-state index in [9.17, 15) is 9.50 Å². The molecule has 0 radical (unpaired) electrons. The van der Waals surface area contributed by atoms with Gasteiger partial charge in [0.1, 0.15) is 18.2 Å². The Hall–Kier alpha value is -1.75. The lowest BCUT2D eigenvalue weighted by molar-refractivity contribution is 0.198. The highest BCUT2D eigenvalue weighted by molar-refractivity contribution is 5.29. The third-order valence-corrected chi connectivity index (χ3v) is 2.64. The second-order valence-electron chi connectivity index (χ2n) is 3.86.